The summed E-state index contributed by atoms with van der Waals surface area (Å²) in [4.78, 5) is 14.9. The zero-order valence-corrected chi connectivity index (χ0v) is 17.4. The van der Waals surface area contributed by atoms with Crippen molar-refractivity contribution in [2.75, 3.05) is 21.1 Å². The standard InChI is InChI=1S/C17H25IN2O3S/c1-19(2)24(22,23)14-10-11-16(18)15(12-14)17(21)20(3)13-8-6-4-5-7-9-13/h10-13H,4-9H2,1-3H3. The van der Waals surface area contributed by atoms with Gasteiger partial charge in [-0.2, -0.15) is 0 Å². The van der Waals surface area contributed by atoms with E-state index in [1.807, 2.05) is 7.05 Å². The predicted octanol–water partition coefficient (Wildman–Crippen LogP) is 3.34. The topological polar surface area (TPSA) is 57.7 Å². The van der Waals surface area contributed by atoms with Crippen LogP contribution in [0.25, 0.3) is 0 Å². The molecule has 1 aliphatic rings. The Labute approximate surface area is 158 Å². The molecule has 1 amide bonds. The van der Waals surface area contributed by atoms with Gasteiger partial charge in [-0.05, 0) is 53.6 Å². The Balaban J connectivity index is 2.31. The lowest BCUT2D eigenvalue weighted by molar-refractivity contribution is 0.0716. The molecule has 0 N–H and O–H groups in total. The minimum Gasteiger partial charge on any atom is -0.339 e. The van der Waals surface area contributed by atoms with Gasteiger partial charge in [0.25, 0.3) is 5.91 Å². The smallest absolute Gasteiger partial charge is 0.254 e. The number of rotatable bonds is 4. The van der Waals surface area contributed by atoms with Gasteiger partial charge in [0.1, 0.15) is 0 Å². The monoisotopic (exact) mass is 464 g/mol. The average molecular weight is 464 g/mol. The van der Waals surface area contributed by atoms with Crippen molar-refractivity contribution >= 4 is 38.5 Å². The summed E-state index contributed by atoms with van der Waals surface area (Å²) in [6.07, 6.45) is 6.80. The van der Waals surface area contributed by atoms with E-state index in [1.54, 1.807) is 17.0 Å². The number of hydrogen-bond donors (Lipinski definition) is 0. The van der Waals surface area contributed by atoms with Gasteiger partial charge in [0, 0.05) is 30.8 Å². The number of halogens is 1. The normalized spacial score (nSPS) is 16.9. The third kappa shape index (κ3) is 4.29. The Morgan fingerprint density at radius 3 is 2.21 bits per heavy atom. The third-order valence-electron chi connectivity index (χ3n) is 4.64. The van der Waals surface area contributed by atoms with E-state index in [0.717, 1.165) is 29.3 Å². The van der Waals surface area contributed by atoms with Crippen LogP contribution in [0.3, 0.4) is 0 Å². The van der Waals surface area contributed by atoms with Crippen molar-refractivity contribution in [3.63, 3.8) is 0 Å². The molecule has 0 heterocycles. The highest BCUT2D eigenvalue weighted by Crippen LogP contribution is 2.25. The second kappa shape index (κ2) is 8.14. The summed E-state index contributed by atoms with van der Waals surface area (Å²) in [6, 6.07) is 5.00. The highest BCUT2D eigenvalue weighted by molar-refractivity contribution is 14.1. The summed E-state index contributed by atoms with van der Waals surface area (Å²) >= 11 is 2.09. The molecule has 0 bridgehead atoms. The van der Waals surface area contributed by atoms with E-state index in [1.165, 1.54) is 37.3 Å². The molecule has 1 saturated carbocycles. The number of benzene rings is 1. The summed E-state index contributed by atoms with van der Waals surface area (Å²) in [5.74, 6) is -0.0953. The van der Waals surface area contributed by atoms with E-state index >= 15 is 0 Å². The van der Waals surface area contributed by atoms with Crippen LogP contribution in [0.1, 0.15) is 48.9 Å². The lowest BCUT2D eigenvalue weighted by Crippen LogP contribution is -2.37. The van der Waals surface area contributed by atoms with Gasteiger partial charge >= 0.3 is 0 Å². The third-order valence-corrected chi connectivity index (χ3v) is 7.39. The van der Waals surface area contributed by atoms with E-state index in [2.05, 4.69) is 22.6 Å². The quantitative estimate of drug-likeness (QED) is 0.508. The molecule has 24 heavy (non-hydrogen) atoms. The number of amides is 1. The molecule has 0 atom stereocenters. The molecule has 0 saturated heterocycles. The zero-order valence-electron chi connectivity index (χ0n) is 14.5. The first-order chi connectivity index (χ1) is 11.2. The number of nitrogens with zero attached hydrogens (tertiary/aromatic N) is 2. The van der Waals surface area contributed by atoms with E-state index in [0.29, 0.717) is 5.56 Å². The molecule has 2 rings (SSSR count). The molecular weight excluding hydrogens is 439 g/mol. The molecular formula is C17H25IN2O3S. The van der Waals surface area contributed by atoms with Crippen molar-refractivity contribution in [2.45, 2.75) is 49.5 Å². The fourth-order valence-corrected chi connectivity index (χ4v) is 4.54. The SMILES string of the molecule is CN(C(=O)c1cc(S(=O)(=O)N(C)C)ccc1I)C1CCCCCC1. The Bertz CT molecular complexity index is 696. The molecule has 0 spiro atoms. The van der Waals surface area contributed by atoms with Gasteiger partial charge < -0.3 is 4.90 Å². The second-order valence-corrected chi connectivity index (χ2v) is 9.80. The Hall–Kier alpha value is -0.670. The Morgan fingerprint density at radius 1 is 1.08 bits per heavy atom. The van der Waals surface area contributed by atoms with Gasteiger partial charge in [-0.25, -0.2) is 12.7 Å². The molecule has 1 aliphatic carbocycles. The van der Waals surface area contributed by atoms with E-state index in [-0.39, 0.29) is 16.8 Å². The highest BCUT2D eigenvalue weighted by Gasteiger charge is 2.26. The predicted molar refractivity (Wildman–Crippen MR) is 104 cm³/mol. The summed E-state index contributed by atoms with van der Waals surface area (Å²) in [7, 11) is 1.27. The fourth-order valence-electron chi connectivity index (χ4n) is 3.04. The molecule has 0 unspecified atom stereocenters. The number of hydrogen-bond acceptors (Lipinski definition) is 3. The van der Waals surface area contributed by atoms with Crippen molar-refractivity contribution in [3.05, 3.63) is 27.3 Å². The van der Waals surface area contributed by atoms with Gasteiger partial charge in [0.15, 0.2) is 0 Å². The van der Waals surface area contributed by atoms with Gasteiger partial charge in [-0.3, -0.25) is 4.79 Å². The maximum absolute atomic E-state index is 12.9. The highest BCUT2D eigenvalue weighted by atomic mass is 127. The first-order valence-electron chi connectivity index (χ1n) is 8.24. The van der Waals surface area contributed by atoms with Crippen LogP contribution in [0.2, 0.25) is 0 Å². The Kier molecular flexibility index (Phi) is 6.66. The lowest BCUT2D eigenvalue weighted by Gasteiger charge is -2.28. The molecule has 1 fully saturated rings. The molecule has 1 aromatic rings. The van der Waals surface area contributed by atoms with Crippen LogP contribution < -0.4 is 0 Å². The van der Waals surface area contributed by atoms with Crippen LogP contribution in [0, 0.1) is 3.57 Å². The maximum Gasteiger partial charge on any atom is 0.254 e. The number of sulfonamides is 1. The molecule has 0 aliphatic heterocycles. The van der Waals surface area contributed by atoms with E-state index < -0.39 is 10.0 Å². The van der Waals surface area contributed by atoms with Crippen LogP contribution in [-0.2, 0) is 10.0 Å². The van der Waals surface area contributed by atoms with Crippen LogP contribution in [0.4, 0.5) is 0 Å². The zero-order chi connectivity index (χ0) is 17.9. The van der Waals surface area contributed by atoms with Crippen molar-refractivity contribution in [1.29, 1.82) is 0 Å². The minimum absolute atomic E-state index is 0.0953. The minimum atomic E-state index is -3.55. The first-order valence-corrected chi connectivity index (χ1v) is 10.8. The van der Waals surface area contributed by atoms with Crippen molar-refractivity contribution in [2.24, 2.45) is 0 Å². The van der Waals surface area contributed by atoms with Crippen molar-refractivity contribution in [3.8, 4) is 0 Å². The number of carbonyl (C=O) groups excluding carboxylic acids is 1. The van der Waals surface area contributed by atoms with E-state index in [9.17, 15) is 13.2 Å². The second-order valence-electron chi connectivity index (χ2n) is 6.49. The molecule has 0 aromatic heterocycles. The van der Waals surface area contributed by atoms with Gasteiger partial charge in [-0.15, -0.1) is 0 Å². The van der Waals surface area contributed by atoms with E-state index in [4.69, 9.17) is 0 Å². The molecule has 5 nitrogen and oxygen atoms in total. The average Bonchev–Trinajstić information content (AvgIpc) is 2.82. The summed E-state index contributed by atoms with van der Waals surface area (Å²) in [5, 5.41) is 0. The number of carbonyl (C=O) groups is 1. The molecule has 134 valence electrons. The summed E-state index contributed by atoms with van der Waals surface area (Å²) < 4.78 is 26.6. The molecule has 0 radical (unpaired) electrons. The van der Waals surface area contributed by atoms with Gasteiger partial charge in [0.2, 0.25) is 10.0 Å². The van der Waals surface area contributed by atoms with Crippen molar-refractivity contribution in [1.82, 2.24) is 9.21 Å². The molecule has 1 aromatic carbocycles. The summed E-state index contributed by atoms with van der Waals surface area (Å²) in [5.41, 5.74) is 0.463. The molecule has 7 heteroatoms. The first kappa shape index (κ1) is 19.7. The van der Waals surface area contributed by atoms with Gasteiger partial charge in [-0.1, -0.05) is 25.7 Å². The lowest BCUT2D eigenvalue weighted by atomic mass is 10.1. The summed E-state index contributed by atoms with van der Waals surface area (Å²) in [6.45, 7) is 0. The van der Waals surface area contributed by atoms with Crippen LogP contribution in [-0.4, -0.2) is 50.7 Å². The van der Waals surface area contributed by atoms with Crippen LogP contribution >= 0.6 is 22.6 Å². The maximum atomic E-state index is 12.9. The van der Waals surface area contributed by atoms with Gasteiger partial charge in [0.05, 0.1) is 10.5 Å². The largest absolute Gasteiger partial charge is 0.339 e. The van der Waals surface area contributed by atoms with Crippen LogP contribution in [0.5, 0.6) is 0 Å². The van der Waals surface area contributed by atoms with Crippen molar-refractivity contribution < 1.29 is 13.2 Å². The van der Waals surface area contributed by atoms with Crippen LogP contribution in [0.15, 0.2) is 23.1 Å². The fraction of sp³-hybridized carbons (Fsp3) is 0.588. The Morgan fingerprint density at radius 2 is 1.67 bits per heavy atom.